The fourth-order valence-corrected chi connectivity index (χ4v) is 4.51. The zero-order valence-corrected chi connectivity index (χ0v) is 19.0. The van der Waals surface area contributed by atoms with E-state index in [0.717, 1.165) is 67.4 Å². The number of amides is 1. The molecule has 0 spiro atoms. The van der Waals surface area contributed by atoms with E-state index in [4.69, 9.17) is 4.98 Å². The van der Waals surface area contributed by atoms with Crippen molar-refractivity contribution in [2.45, 2.75) is 26.3 Å². The molecule has 3 heterocycles. The molecule has 0 unspecified atom stereocenters. The lowest BCUT2D eigenvalue weighted by Crippen LogP contribution is -2.48. The maximum Gasteiger partial charge on any atom is 0.227 e. The van der Waals surface area contributed by atoms with Crippen LogP contribution in [-0.4, -0.2) is 56.4 Å². The lowest BCUT2D eigenvalue weighted by molar-refractivity contribution is -0.132. The van der Waals surface area contributed by atoms with Crippen LogP contribution in [0.4, 0.5) is 0 Å². The summed E-state index contributed by atoms with van der Waals surface area (Å²) in [4.78, 5) is 26.6. The average molecular weight is 440 g/mol. The summed E-state index contributed by atoms with van der Waals surface area (Å²) in [5, 5.41) is 0. The Morgan fingerprint density at radius 3 is 2.36 bits per heavy atom. The molecule has 0 radical (unpaired) electrons. The lowest BCUT2D eigenvalue weighted by Gasteiger charge is -2.34. The van der Waals surface area contributed by atoms with E-state index < -0.39 is 0 Å². The molecule has 1 amide bonds. The van der Waals surface area contributed by atoms with Gasteiger partial charge in [0.15, 0.2) is 5.65 Å². The van der Waals surface area contributed by atoms with Gasteiger partial charge in [0.25, 0.3) is 0 Å². The molecule has 0 aliphatic carbocycles. The fourth-order valence-electron chi connectivity index (χ4n) is 4.51. The van der Waals surface area contributed by atoms with Crippen molar-refractivity contribution < 1.29 is 4.79 Å². The summed E-state index contributed by atoms with van der Waals surface area (Å²) < 4.78 is 2.10. The Morgan fingerprint density at radius 2 is 1.64 bits per heavy atom. The van der Waals surface area contributed by atoms with Crippen LogP contribution in [0, 0.1) is 0 Å². The molecular weight excluding hydrogens is 410 g/mol. The monoisotopic (exact) mass is 439 g/mol. The Kier molecular flexibility index (Phi) is 6.17. The van der Waals surface area contributed by atoms with Gasteiger partial charge in [0.1, 0.15) is 11.3 Å². The molecule has 2 aromatic heterocycles. The first-order valence-corrected chi connectivity index (χ1v) is 11.7. The van der Waals surface area contributed by atoms with Crippen molar-refractivity contribution in [3.63, 3.8) is 0 Å². The summed E-state index contributed by atoms with van der Waals surface area (Å²) in [5.41, 5.74) is 5.15. The van der Waals surface area contributed by atoms with E-state index in [1.807, 2.05) is 35.2 Å². The maximum atomic E-state index is 12.9. The van der Waals surface area contributed by atoms with Gasteiger partial charge in [0, 0.05) is 51.0 Å². The van der Waals surface area contributed by atoms with Crippen LogP contribution in [-0.2, 0) is 24.2 Å². The molecule has 1 aliphatic heterocycles. The number of carbonyl (C=O) groups is 1. The van der Waals surface area contributed by atoms with Crippen LogP contribution < -0.4 is 0 Å². The van der Waals surface area contributed by atoms with Crippen LogP contribution in [0.1, 0.15) is 23.9 Å². The molecule has 0 saturated carbocycles. The predicted molar refractivity (Wildman–Crippen MR) is 130 cm³/mol. The number of imidazole rings is 1. The summed E-state index contributed by atoms with van der Waals surface area (Å²) in [6.07, 6.45) is 3.06. The van der Waals surface area contributed by atoms with Gasteiger partial charge in [-0.25, -0.2) is 9.97 Å². The number of pyridine rings is 1. The van der Waals surface area contributed by atoms with Crippen molar-refractivity contribution in [2.75, 3.05) is 26.2 Å². The minimum absolute atomic E-state index is 0.200. The van der Waals surface area contributed by atoms with E-state index in [9.17, 15) is 4.79 Å². The average Bonchev–Trinajstić information content (AvgIpc) is 3.24. The van der Waals surface area contributed by atoms with Crippen molar-refractivity contribution in [3.8, 4) is 5.69 Å². The highest BCUT2D eigenvalue weighted by Gasteiger charge is 2.21. The molecule has 1 saturated heterocycles. The van der Waals surface area contributed by atoms with E-state index in [-0.39, 0.29) is 5.91 Å². The SMILES string of the molecule is CCc1nc2cccnc2n1-c1ccc(CC(=O)N2CCN(Cc3ccccc3)CC2)cc1. The number of hydrogen-bond donors (Lipinski definition) is 0. The van der Waals surface area contributed by atoms with Crippen LogP contribution in [0.15, 0.2) is 72.9 Å². The number of rotatable bonds is 6. The number of nitrogens with zero attached hydrogens (tertiary/aromatic N) is 5. The maximum absolute atomic E-state index is 12.9. The molecule has 0 N–H and O–H groups in total. The predicted octanol–water partition coefficient (Wildman–Crippen LogP) is 3.87. The molecule has 5 rings (SSSR count). The smallest absolute Gasteiger partial charge is 0.227 e. The Bertz CT molecular complexity index is 1220. The van der Waals surface area contributed by atoms with Gasteiger partial charge < -0.3 is 4.90 Å². The van der Waals surface area contributed by atoms with Crippen molar-refractivity contribution >= 4 is 17.1 Å². The zero-order chi connectivity index (χ0) is 22.6. The molecule has 33 heavy (non-hydrogen) atoms. The van der Waals surface area contributed by atoms with Crippen LogP contribution in [0.3, 0.4) is 0 Å². The number of carbonyl (C=O) groups excluding carboxylic acids is 1. The minimum atomic E-state index is 0.200. The van der Waals surface area contributed by atoms with Gasteiger partial charge in [-0.3, -0.25) is 14.3 Å². The number of benzene rings is 2. The zero-order valence-electron chi connectivity index (χ0n) is 19.0. The fraction of sp³-hybridized carbons (Fsp3) is 0.296. The Labute approximate surface area is 194 Å². The standard InChI is InChI=1S/C27H29N5O/c1-2-25-29-24-9-6-14-28-27(24)32(25)23-12-10-21(11-13-23)19-26(33)31-17-15-30(16-18-31)20-22-7-4-3-5-8-22/h3-14H,2,15-20H2,1H3. The Hall–Kier alpha value is -3.51. The van der Waals surface area contributed by atoms with Crippen LogP contribution in [0.25, 0.3) is 16.9 Å². The summed E-state index contributed by atoms with van der Waals surface area (Å²) in [5.74, 6) is 1.19. The van der Waals surface area contributed by atoms with E-state index in [1.165, 1.54) is 5.56 Å². The van der Waals surface area contributed by atoms with E-state index in [0.29, 0.717) is 6.42 Å². The third-order valence-corrected chi connectivity index (χ3v) is 6.33. The number of fused-ring (bicyclic) bond motifs is 1. The summed E-state index contributed by atoms with van der Waals surface area (Å²) in [6.45, 7) is 6.46. The second kappa shape index (κ2) is 9.55. The molecule has 168 valence electrons. The lowest BCUT2D eigenvalue weighted by atomic mass is 10.1. The highest BCUT2D eigenvalue weighted by atomic mass is 16.2. The molecular formula is C27H29N5O. The van der Waals surface area contributed by atoms with E-state index in [2.05, 4.69) is 57.8 Å². The van der Waals surface area contributed by atoms with Crippen LogP contribution in [0.5, 0.6) is 0 Å². The summed E-state index contributed by atoms with van der Waals surface area (Å²) in [6, 6.07) is 22.7. The Morgan fingerprint density at radius 1 is 0.879 bits per heavy atom. The normalized spacial score (nSPS) is 14.6. The molecule has 1 aliphatic rings. The summed E-state index contributed by atoms with van der Waals surface area (Å²) in [7, 11) is 0. The molecule has 4 aromatic rings. The van der Waals surface area contributed by atoms with Gasteiger partial charge in [0.2, 0.25) is 5.91 Å². The molecule has 2 aromatic carbocycles. The van der Waals surface area contributed by atoms with Crippen molar-refractivity contribution in [3.05, 3.63) is 89.9 Å². The molecule has 0 bridgehead atoms. The molecule has 1 fully saturated rings. The first-order valence-electron chi connectivity index (χ1n) is 11.7. The third kappa shape index (κ3) is 4.66. The van der Waals surface area contributed by atoms with Gasteiger partial charge in [-0.15, -0.1) is 0 Å². The molecule has 6 nitrogen and oxygen atoms in total. The topological polar surface area (TPSA) is 54.3 Å². The van der Waals surface area contributed by atoms with Gasteiger partial charge in [0.05, 0.1) is 6.42 Å². The first-order chi connectivity index (χ1) is 16.2. The van der Waals surface area contributed by atoms with Crippen LogP contribution >= 0.6 is 0 Å². The van der Waals surface area contributed by atoms with Gasteiger partial charge >= 0.3 is 0 Å². The third-order valence-electron chi connectivity index (χ3n) is 6.33. The van der Waals surface area contributed by atoms with Crippen molar-refractivity contribution in [2.24, 2.45) is 0 Å². The number of aromatic nitrogens is 3. The minimum Gasteiger partial charge on any atom is -0.340 e. The van der Waals surface area contributed by atoms with E-state index >= 15 is 0 Å². The largest absolute Gasteiger partial charge is 0.340 e. The number of aryl methyl sites for hydroxylation is 1. The number of piperazine rings is 1. The summed E-state index contributed by atoms with van der Waals surface area (Å²) >= 11 is 0. The molecule has 0 atom stereocenters. The second-order valence-corrected chi connectivity index (χ2v) is 8.55. The van der Waals surface area contributed by atoms with Gasteiger partial charge in [-0.1, -0.05) is 49.4 Å². The van der Waals surface area contributed by atoms with Crippen molar-refractivity contribution in [1.29, 1.82) is 0 Å². The Balaban J connectivity index is 1.21. The van der Waals surface area contributed by atoms with Crippen LogP contribution in [0.2, 0.25) is 0 Å². The quantitative estimate of drug-likeness (QED) is 0.458. The van der Waals surface area contributed by atoms with Gasteiger partial charge in [-0.05, 0) is 35.4 Å². The molecule has 6 heteroatoms. The van der Waals surface area contributed by atoms with Crippen molar-refractivity contribution in [1.82, 2.24) is 24.3 Å². The second-order valence-electron chi connectivity index (χ2n) is 8.55. The first kappa shape index (κ1) is 21.3. The van der Waals surface area contributed by atoms with E-state index in [1.54, 1.807) is 6.20 Å². The highest BCUT2D eigenvalue weighted by Crippen LogP contribution is 2.21. The highest BCUT2D eigenvalue weighted by molar-refractivity contribution is 5.79. The van der Waals surface area contributed by atoms with Gasteiger partial charge in [-0.2, -0.15) is 0 Å². The number of hydrogen-bond acceptors (Lipinski definition) is 4.